The van der Waals surface area contributed by atoms with Crippen LogP contribution in [0.25, 0.3) is 21.7 Å². The molecule has 1 aromatic heterocycles. The number of nitrogens with zero attached hydrogens (tertiary/aromatic N) is 2. The molecule has 0 N–H and O–H groups in total. The van der Waals surface area contributed by atoms with Gasteiger partial charge in [-0.2, -0.15) is 0 Å². The van der Waals surface area contributed by atoms with Crippen molar-refractivity contribution in [1.29, 1.82) is 0 Å². The summed E-state index contributed by atoms with van der Waals surface area (Å²) in [6.07, 6.45) is 0. The summed E-state index contributed by atoms with van der Waals surface area (Å²) in [5, 5.41) is 11.5. The fraction of sp³-hybridized carbons (Fsp3) is 0. The Kier molecular flexibility index (Phi) is 1.56. The molecule has 0 amide bonds. The van der Waals surface area contributed by atoms with Gasteiger partial charge in [-0.25, -0.2) is 0 Å². The first kappa shape index (κ1) is 7.62. The van der Waals surface area contributed by atoms with Crippen molar-refractivity contribution < 1.29 is 0 Å². The van der Waals surface area contributed by atoms with Gasteiger partial charge in [0.1, 0.15) is 0 Å². The summed E-state index contributed by atoms with van der Waals surface area (Å²) in [6.45, 7) is 0. The molecule has 0 spiro atoms. The molecule has 3 rings (SSSR count). The van der Waals surface area contributed by atoms with E-state index < -0.39 is 0 Å². The van der Waals surface area contributed by atoms with Crippen LogP contribution in [-0.2, 0) is 0 Å². The number of hydrogen-bond acceptors (Lipinski definition) is 2. The molecule has 0 bridgehead atoms. The van der Waals surface area contributed by atoms with Crippen LogP contribution in [0.2, 0.25) is 0 Å². The van der Waals surface area contributed by atoms with Crippen molar-refractivity contribution in [2.24, 2.45) is 0 Å². The van der Waals surface area contributed by atoms with E-state index in [2.05, 4.69) is 34.4 Å². The van der Waals surface area contributed by atoms with Crippen molar-refractivity contribution in [1.82, 2.24) is 10.1 Å². The van der Waals surface area contributed by atoms with Crippen molar-refractivity contribution in [2.45, 2.75) is 0 Å². The van der Waals surface area contributed by atoms with Gasteiger partial charge in [0.25, 0.3) is 0 Å². The second-order valence-electron chi connectivity index (χ2n) is 3.29. The van der Waals surface area contributed by atoms with Crippen LogP contribution < -0.4 is 0 Å². The summed E-state index contributed by atoms with van der Waals surface area (Å²) in [6, 6.07) is 12.5. The van der Waals surface area contributed by atoms with Gasteiger partial charge in [-0.15, -0.1) is 0 Å². The van der Waals surface area contributed by atoms with Crippen LogP contribution in [-0.4, -0.2) is 17.2 Å². The van der Waals surface area contributed by atoms with E-state index in [0.717, 1.165) is 10.9 Å². The zero-order chi connectivity index (χ0) is 9.38. The molecule has 0 atom stereocenters. The molecule has 0 fully saturated rings. The number of hydrogen-bond donors (Lipinski definition) is 0. The van der Waals surface area contributed by atoms with Gasteiger partial charge in [-0.1, -0.05) is 0 Å². The normalized spacial score (nSPS) is 10.6. The Morgan fingerprint density at radius 2 is 1.71 bits per heavy atom. The Balaban J connectivity index is 2.52. The van der Waals surface area contributed by atoms with E-state index >= 15 is 0 Å². The van der Waals surface area contributed by atoms with E-state index in [4.69, 9.17) is 0 Å². The third-order valence-electron chi connectivity index (χ3n) is 2.38. The predicted molar refractivity (Wildman–Crippen MR) is 58.4 cm³/mol. The average molecular weight is 178 g/mol. The van der Waals surface area contributed by atoms with Gasteiger partial charge in [0, 0.05) is 0 Å². The van der Waals surface area contributed by atoms with Crippen molar-refractivity contribution in [2.75, 3.05) is 0 Å². The predicted octanol–water partition coefficient (Wildman–Crippen LogP) is 2.12. The van der Waals surface area contributed by atoms with E-state index in [1.54, 1.807) is 7.05 Å². The fourth-order valence-corrected chi connectivity index (χ4v) is 1.68. The molecule has 0 aliphatic rings. The van der Waals surface area contributed by atoms with E-state index in [1.807, 2.05) is 18.1 Å². The molecule has 14 heavy (non-hydrogen) atoms. The standard InChI is InChI=1S/C11H7BN2/c1-2-4-9-6-11-10(5-8(9)3-1)7-12-14-13-11/h1-7H. The molecule has 0 radical (unpaired) electrons. The number of aromatic nitrogens is 2. The second kappa shape index (κ2) is 2.87. The molecule has 2 aromatic carbocycles. The Bertz CT molecular complexity index is 502. The Morgan fingerprint density at radius 1 is 0.929 bits per heavy atom. The first-order chi connectivity index (χ1) is 6.93. The molecule has 3 aromatic rings. The van der Waals surface area contributed by atoms with Crippen molar-refractivity contribution in [3.63, 3.8) is 0 Å². The minimum absolute atomic E-state index is 0.950. The number of benzene rings is 2. The van der Waals surface area contributed by atoms with Crippen molar-refractivity contribution in [3.05, 3.63) is 42.4 Å². The van der Waals surface area contributed by atoms with Gasteiger partial charge in [0.05, 0.1) is 0 Å². The van der Waals surface area contributed by atoms with Gasteiger partial charge in [-0.05, 0) is 0 Å². The Hall–Kier alpha value is -1.77. The van der Waals surface area contributed by atoms with Crippen LogP contribution in [0, 0.1) is 0 Å². The minimum atomic E-state index is 0.950. The molecule has 0 aliphatic carbocycles. The number of fused-ring (bicyclic) bond motifs is 2. The molecule has 64 valence electrons. The van der Waals surface area contributed by atoms with E-state index in [-0.39, 0.29) is 0 Å². The summed E-state index contributed by atoms with van der Waals surface area (Å²) in [5.74, 6) is 1.98. The van der Waals surface area contributed by atoms with Crippen LogP contribution in [0.4, 0.5) is 0 Å². The zero-order valence-electron chi connectivity index (χ0n) is 7.51. The average Bonchev–Trinajstić information content (AvgIpc) is 2.26. The van der Waals surface area contributed by atoms with Crippen LogP contribution in [0.5, 0.6) is 0 Å². The molecule has 0 saturated carbocycles. The Morgan fingerprint density at radius 3 is 2.57 bits per heavy atom. The summed E-state index contributed by atoms with van der Waals surface area (Å²) >= 11 is 0. The second-order valence-corrected chi connectivity index (χ2v) is 3.29. The van der Waals surface area contributed by atoms with Gasteiger partial charge in [-0.3, -0.25) is 0 Å². The molecular weight excluding hydrogens is 171 g/mol. The van der Waals surface area contributed by atoms with Crippen molar-refractivity contribution >= 4 is 28.7 Å². The van der Waals surface area contributed by atoms with Crippen LogP contribution >= 0.6 is 0 Å². The maximum atomic E-state index is 4.08. The summed E-state index contributed by atoms with van der Waals surface area (Å²) < 4.78 is 0. The first-order valence-electron chi connectivity index (χ1n) is 4.54. The zero-order valence-corrected chi connectivity index (χ0v) is 7.51. The maximum absolute atomic E-state index is 4.08. The number of rotatable bonds is 0. The first-order valence-corrected chi connectivity index (χ1v) is 4.54. The molecule has 0 saturated heterocycles. The van der Waals surface area contributed by atoms with E-state index in [9.17, 15) is 0 Å². The monoisotopic (exact) mass is 178 g/mol. The third kappa shape index (κ3) is 1.09. The molecular formula is C11H7BN2. The van der Waals surface area contributed by atoms with Crippen LogP contribution in [0.1, 0.15) is 0 Å². The topological polar surface area (TPSA) is 25.8 Å². The molecule has 2 nitrogen and oxygen atoms in total. The van der Waals surface area contributed by atoms with E-state index in [1.165, 1.54) is 10.8 Å². The Labute approximate surface area is 81.8 Å². The van der Waals surface area contributed by atoms with Gasteiger partial charge in [0.15, 0.2) is 0 Å². The van der Waals surface area contributed by atoms with Crippen LogP contribution in [0.3, 0.4) is 0 Å². The molecule has 0 aliphatic heterocycles. The van der Waals surface area contributed by atoms with Gasteiger partial charge in [0.2, 0.25) is 0 Å². The van der Waals surface area contributed by atoms with Crippen LogP contribution in [0.15, 0.2) is 42.4 Å². The fourth-order valence-electron chi connectivity index (χ4n) is 1.68. The quantitative estimate of drug-likeness (QED) is 0.492. The van der Waals surface area contributed by atoms with Crippen molar-refractivity contribution in [3.8, 4) is 0 Å². The third-order valence-corrected chi connectivity index (χ3v) is 2.38. The molecule has 3 heteroatoms. The van der Waals surface area contributed by atoms with Gasteiger partial charge < -0.3 is 0 Å². The summed E-state index contributed by atoms with van der Waals surface area (Å²) in [4.78, 5) is 0. The van der Waals surface area contributed by atoms with E-state index in [0.29, 0.717) is 0 Å². The molecule has 0 unspecified atom stereocenters. The van der Waals surface area contributed by atoms with Gasteiger partial charge >= 0.3 is 81.2 Å². The summed E-state index contributed by atoms with van der Waals surface area (Å²) in [5.41, 5.74) is 0.950. The molecule has 1 heterocycles. The summed E-state index contributed by atoms with van der Waals surface area (Å²) in [7, 11) is 1.72. The SMILES string of the molecule is b1cc2cc3ccccc3cc2nn1.